The van der Waals surface area contributed by atoms with Crippen LogP contribution in [-0.4, -0.2) is 11.6 Å². The van der Waals surface area contributed by atoms with Crippen LogP contribution in [-0.2, 0) is 17.1 Å². The molecule has 0 aromatic heterocycles. The summed E-state index contributed by atoms with van der Waals surface area (Å²) in [5.74, 6) is -0.0278. The van der Waals surface area contributed by atoms with Gasteiger partial charge in [-0.1, -0.05) is 23.3 Å². The summed E-state index contributed by atoms with van der Waals surface area (Å²) < 4.78 is 0. The van der Waals surface area contributed by atoms with Crippen molar-refractivity contribution in [2.45, 2.75) is 0 Å². The van der Waals surface area contributed by atoms with Crippen LogP contribution in [0.1, 0.15) is 20.7 Å². The minimum atomic E-state index is -0.0139. The van der Waals surface area contributed by atoms with Crippen molar-refractivity contribution >= 4 is 11.6 Å². The molecule has 2 rings (SSSR count). The van der Waals surface area contributed by atoms with Crippen LogP contribution in [0.5, 0.6) is 0 Å². The first-order valence-corrected chi connectivity index (χ1v) is 5.46. The van der Waals surface area contributed by atoms with Crippen LogP contribution in [0, 0.1) is 0 Å². The van der Waals surface area contributed by atoms with Gasteiger partial charge in [-0.05, 0) is 0 Å². The number of carbonyl (C=O) groups excluding carboxylic acids is 2. The molecule has 0 aliphatic heterocycles. The van der Waals surface area contributed by atoms with Crippen LogP contribution >= 0.6 is 0 Å². The zero-order chi connectivity index (χ0) is 13.4. The predicted molar refractivity (Wildman–Crippen MR) is 73.1 cm³/mol. The van der Waals surface area contributed by atoms with Crippen LogP contribution in [0.2, 0.25) is 0 Å². The number of allylic oxidation sites excluding steroid dienone is 2. The first-order chi connectivity index (χ1) is 8.69. The Bertz CT molecular complexity index is 469. The molecule has 0 heterocycles. The van der Waals surface area contributed by atoms with Gasteiger partial charge < -0.3 is 9.59 Å². The third kappa shape index (κ3) is 5.47. The predicted octanol–water partition coefficient (Wildman–Crippen LogP) is 3.55. The van der Waals surface area contributed by atoms with Gasteiger partial charge in [0.2, 0.25) is 0 Å². The Morgan fingerprint density at radius 1 is 0.737 bits per heavy atom. The number of hydrogen-bond donors (Lipinski definition) is 0. The maximum Gasteiger partial charge on any atom is 2.00 e. The summed E-state index contributed by atoms with van der Waals surface area (Å²) in [6, 6.07) is 14.4. The van der Waals surface area contributed by atoms with E-state index in [0.717, 1.165) is 0 Å². The van der Waals surface area contributed by atoms with Gasteiger partial charge in [-0.25, -0.2) is 0 Å². The SMILES string of the molecule is C=CC(=O)[c-]1cccc1.C=CC(=O)[c-]1cccc1.[Fe+2]. The molecule has 0 N–H and O–H groups in total. The molecule has 2 aromatic rings. The minimum Gasteiger partial charge on any atom is -0.311 e. The van der Waals surface area contributed by atoms with Crippen molar-refractivity contribution in [1.29, 1.82) is 0 Å². The van der Waals surface area contributed by atoms with Crippen molar-refractivity contribution in [1.82, 2.24) is 0 Å². The van der Waals surface area contributed by atoms with Crippen LogP contribution in [0.4, 0.5) is 0 Å². The fourth-order valence-corrected chi connectivity index (χ4v) is 1.31. The zero-order valence-electron chi connectivity index (χ0n) is 10.4. The van der Waals surface area contributed by atoms with E-state index in [0.29, 0.717) is 11.1 Å². The third-order valence-electron chi connectivity index (χ3n) is 2.27. The van der Waals surface area contributed by atoms with Gasteiger partial charge in [0.1, 0.15) is 11.6 Å². The van der Waals surface area contributed by atoms with Gasteiger partial charge in [0, 0.05) is 0 Å². The van der Waals surface area contributed by atoms with Gasteiger partial charge in [-0.15, -0.1) is 37.4 Å². The van der Waals surface area contributed by atoms with E-state index in [1.54, 1.807) is 24.3 Å². The smallest absolute Gasteiger partial charge is 0.311 e. The summed E-state index contributed by atoms with van der Waals surface area (Å²) in [5, 5.41) is 0. The molecule has 0 saturated heterocycles. The van der Waals surface area contributed by atoms with Crippen molar-refractivity contribution < 1.29 is 26.7 Å². The molecule has 0 unspecified atom stereocenters. The van der Waals surface area contributed by atoms with E-state index in [1.807, 2.05) is 24.3 Å². The minimum absolute atomic E-state index is 0. The summed E-state index contributed by atoms with van der Waals surface area (Å²) in [6.45, 7) is 6.73. The van der Waals surface area contributed by atoms with E-state index < -0.39 is 0 Å². The fourth-order valence-electron chi connectivity index (χ4n) is 1.31. The Hall–Kier alpha value is -1.96. The van der Waals surface area contributed by atoms with Gasteiger partial charge in [0.15, 0.2) is 0 Å². The molecular formula is C16H14FeO2. The normalized spacial score (nSPS) is 8.42. The van der Waals surface area contributed by atoms with E-state index >= 15 is 0 Å². The third-order valence-corrected chi connectivity index (χ3v) is 2.27. The van der Waals surface area contributed by atoms with E-state index in [4.69, 9.17) is 0 Å². The van der Waals surface area contributed by atoms with Gasteiger partial charge in [0.25, 0.3) is 0 Å². The Balaban J connectivity index is 0.000000324. The Kier molecular flexibility index (Phi) is 8.10. The monoisotopic (exact) mass is 294 g/mol. The summed E-state index contributed by atoms with van der Waals surface area (Å²) in [7, 11) is 0. The maximum absolute atomic E-state index is 10.8. The van der Waals surface area contributed by atoms with Crippen molar-refractivity contribution in [3.63, 3.8) is 0 Å². The standard InChI is InChI=1S/2C8H7O.Fe/c2*1-2-8(9)7-5-3-4-6-7;/h2*2-6H,1H2;/q2*-1;+2. The van der Waals surface area contributed by atoms with Crippen molar-refractivity contribution in [3.05, 3.63) is 85.0 Å². The quantitative estimate of drug-likeness (QED) is 0.374. The summed E-state index contributed by atoms with van der Waals surface area (Å²) in [5.41, 5.74) is 1.43. The van der Waals surface area contributed by atoms with Crippen molar-refractivity contribution in [2.24, 2.45) is 0 Å². The second kappa shape index (κ2) is 9.03. The largest absolute Gasteiger partial charge is 2.00 e. The Morgan fingerprint density at radius 2 is 1.00 bits per heavy atom. The molecule has 0 atom stereocenters. The molecule has 0 aliphatic rings. The second-order valence-electron chi connectivity index (χ2n) is 3.48. The van der Waals surface area contributed by atoms with Gasteiger partial charge in [0.05, 0.1) is 0 Å². The summed E-state index contributed by atoms with van der Waals surface area (Å²) in [4.78, 5) is 21.5. The molecule has 19 heavy (non-hydrogen) atoms. The average molecular weight is 294 g/mol. The zero-order valence-corrected chi connectivity index (χ0v) is 11.5. The number of carbonyl (C=O) groups is 2. The van der Waals surface area contributed by atoms with E-state index in [1.165, 1.54) is 12.2 Å². The van der Waals surface area contributed by atoms with E-state index in [2.05, 4.69) is 13.2 Å². The first-order valence-electron chi connectivity index (χ1n) is 5.46. The van der Waals surface area contributed by atoms with E-state index in [9.17, 15) is 9.59 Å². The van der Waals surface area contributed by atoms with Crippen LogP contribution in [0.3, 0.4) is 0 Å². The molecule has 0 bridgehead atoms. The summed E-state index contributed by atoms with van der Waals surface area (Å²) in [6.07, 6.45) is 2.63. The van der Waals surface area contributed by atoms with Gasteiger partial charge in [-0.2, -0.15) is 24.3 Å². The molecule has 0 amide bonds. The van der Waals surface area contributed by atoms with Crippen LogP contribution < -0.4 is 0 Å². The molecule has 3 heteroatoms. The second-order valence-corrected chi connectivity index (χ2v) is 3.48. The Morgan fingerprint density at radius 3 is 1.21 bits per heavy atom. The number of ketones is 2. The molecule has 2 nitrogen and oxygen atoms in total. The Labute approximate surface area is 123 Å². The molecule has 2 aromatic carbocycles. The number of rotatable bonds is 4. The fraction of sp³-hybridized carbons (Fsp3) is 0. The van der Waals surface area contributed by atoms with Crippen molar-refractivity contribution in [2.75, 3.05) is 0 Å². The molecule has 0 radical (unpaired) electrons. The topological polar surface area (TPSA) is 34.1 Å². The number of hydrogen-bond acceptors (Lipinski definition) is 2. The summed E-state index contributed by atoms with van der Waals surface area (Å²) >= 11 is 0. The van der Waals surface area contributed by atoms with Gasteiger partial charge in [-0.3, -0.25) is 0 Å². The van der Waals surface area contributed by atoms with Crippen LogP contribution in [0.25, 0.3) is 0 Å². The molecule has 0 spiro atoms. The molecule has 98 valence electrons. The van der Waals surface area contributed by atoms with E-state index in [-0.39, 0.29) is 28.6 Å². The average Bonchev–Trinajstić information content (AvgIpc) is 3.09. The van der Waals surface area contributed by atoms with Crippen molar-refractivity contribution in [3.8, 4) is 0 Å². The molecule has 0 fully saturated rings. The molecular weight excluding hydrogens is 280 g/mol. The first kappa shape index (κ1) is 17.0. The maximum atomic E-state index is 10.8. The van der Waals surface area contributed by atoms with Crippen LogP contribution in [0.15, 0.2) is 73.8 Å². The molecule has 0 saturated carbocycles. The molecule has 0 aliphatic carbocycles. The van der Waals surface area contributed by atoms with Gasteiger partial charge >= 0.3 is 17.1 Å².